The van der Waals surface area contributed by atoms with Crippen LogP contribution in [0.1, 0.15) is 60.9 Å². The maximum Gasteiger partial charge on any atom is 0.345 e. The maximum absolute atomic E-state index is 11.6. The van der Waals surface area contributed by atoms with Crippen LogP contribution >= 0.6 is 0 Å². The molecule has 4 heterocycles. The Labute approximate surface area is 253 Å². The second kappa shape index (κ2) is 13.0. The number of nitrogens with one attached hydrogen (secondary N) is 2. The van der Waals surface area contributed by atoms with Crippen molar-refractivity contribution in [2.24, 2.45) is 0 Å². The Bertz CT molecular complexity index is 1520. The number of allylic oxidation sites excluding steroid dienone is 3. The molecule has 1 fully saturated rings. The summed E-state index contributed by atoms with van der Waals surface area (Å²) < 4.78 is 20.1. The molecule has 1 saturated heterocycles. The van der Waals surface area contributed by atoms with Crippen LogP contribution in [-0.2, 0) is 38.6 Å². The third kappa shape index (κ3) is 6.14. The Morgan fingerprint density at radius 1 is 1.33 bits per heavy atom. The van der Waals surface area contributed by atoms with Crippen LogP contribution in [0.4, 0.5) is 5.82 Å². The molecule has 0 aliphatic carbocycles. The number of fused-ring (bicyclic) bond motifs is 2. The minimum Gasteiger partial charge on any atom is -0.488 e. The van der Waals surface area contributed by atoms with Gasteiger partial charge in [0.25, 0.3) is 5.82 Å². The zero-order chi connectivity index (χ0) is 30.7. The fraction of sp³-hybridized carbons (Fsp3) is 0.382. The highest BCUT2D eigenvalue weighted by Crippen LogP contribution is 2.31. The number of nitrogens with zero attached hydrogens (tertiary/aromatic N) is 2. The van der Waals surface area contributed by atoms with Gasteiger partial charge in [-0.25, -0.2) is 10.1 Å². The van der Waals surface area contributed by atoms with Crippen LogP contribution in [0.2, 0.25) is 0 Å². The van der Waals surface area contributed by atoms with Gasteiger partial charge in [-0.1, -0.05) is 31.4 Å². The van der Waals surface area contributed by atoms with Crippen LogP contribution in [0.15, 0.2) is 72.4 Å². The van der Waals surface area contributed by atoms with Crippen molar-refractivity contribution in [1.82, 2.24) is 4.90 Å². The summed E-state index contributed by atoms with van der Waals surface area (Å²) in [5.41, 5.74) is 7.22. The summed E-state index contributed by atoms with van der Waals surface area (Å²) in [5, 5.41) is 20.0. The normalized spacial score (nSPS) is 21.7. The number of hydrogen-bond acceptors (Lipinski definition) is 7. The minimum atomic E-state index is -1.24. The molecule has 3 N–H and O–H groups in total. The van der Waals surface area contributed by atoms with Crippen molar-refractivity contribution >= 4 is 23.6 Å². The number of carboxylic acid groups (broad SMARTS) is 1. The number of rotatable bonds is 9. The van der Waals surface area contributed by atoms with Gasteiger partial charge >= 0.3 is 11.9 Å². The first-order valence-corrected chi connectivity index (χ1v) is 14.8. The summed E-state index contributed by atoms with van der Waals surface area (Å²) in [6, 6.07) is 10.6. The van der Waals surface area contributed by atoms with Gasteiger partial charge in [-0.15, -0.1) is 0 Å². The quantitative estimate of drug-likeness (QED) is 0.119. The fourth-order valence-electron chi connectivity index (χ4n) is 6.24. The van der Waals surface area contributed by atoms with E-state index in [4.69, 9.17) is 19.6 Å². The molecule has 0 spiro atoms. The number of benzene rings is 1. The van der Waals surface area contributed by atoms with Crippen molar-refractivity contribution in [3.8, 4) is 0 Å². The molecule has 9 nitrogen and oxygen atoms in total. The molecular weight excluding hydrogens is 544 g/mol. The zero-order valence-electron chi connectivity index (χ0n) is 25.2. The van der Waals surface area contributed by atoms with Crippen LogP contribution < -0.4 is 9.88 Å². The molecule has 1 aromatic carbocycles. The van der Waals surface area contributed by atoms with Gasteiger partial charge in [0, 0.05) is 44.9 Å². The Morgan fingerprint density at radius 2 is 2.14 bits per heavy atom. The topological polar surface area (TPSA) is 108 Å². The third-order valence-electron chi connectivity index (χ3n) is 8.51. The molecule has 43 heavy (non-hydrogen) atoms. The molecule has 226 valence electrons. The second-order valence-electron chi connectivity index (χ2n) is 11.3. The summed E-state index contributed by atoms with van der Waals surface area (Å²) >= 11 is 0. The van der Waals surface area contributed by atoms with Crippen molar-refractivity contribution in [3.63, 3.8) is 0 Å². The number of pyridine rings is 1. The number of ether oxygens (including phenoxy) is 3. The lowest BCUT2D eigenvalue weighted by molar-refractivity contribution is -0.750. The van der Waals surface area contributed by atoms with E-state index in [0.717, 1.165) is 67.8 Å². The van der Waals surface area contributed by atoms with E-state index in [1.54, 1.807) is 6.08 Å². The third-order valence-corrected chi connectivity index (χ3v) is 8.51. The van der Waals surface area contributed by atoms with Gasteiger partial charge in [-0.2, -0.15) is 4.57 Å². The van der Waals surface area contributed by atoms with E-state index in [9.17, 15) is 9.90 Å². The van der Waals surface area contributed by atoms with Gasteiger partial charge in [0.05, 0.1) is 12.2 Å². The van der Waals surface area contributed by atoms with E-state index in [-0.39, 0.29) is 11.5 Å². The highest BCUT2D eigenvalue weighted by Gasteiger charge is 2.34. The number of hydrogen-bond donors (Lipinski definition) is 3. The minimum absolute atomic E-state index is 0.0192. The van der Waals surface area contributed by atoms with E-state index < -0.39 is 12.2 Å². The van der Waals surface area contributed by atoms with Crippen LogP contribution in [0.25, 0.3) is 5.57 Å². The molecule has 0 radical (unpaired) electrons. The Kier molecular flexibility index (Phi) is 9.13. The van der Waals surface area contributed by atoms with E-state index >= 15 is 0 Å². The lowest BCUT2D eigenvalue weighted by atomic mass is 9.91. The highest BCUT2D eigenvalue weighted by molar-refractivity contribution is 6.08. The van der Waals surface area contributed by atoms with E-state index in [0.29, 0.717) is 24.2 Å². The number of aromatic nitrogens is 1. The number of anilines is 1. The largest absolute Gasteiger partial charge is 0.488 e. The molecule has 0 bridgehead atoms. The monoisotopic (exact) mass is 585 g/mol. The molecule has 3 aliphatic rings. The SMILES string of the molecule is C=C/C(=C(/OCc1ccc2c(c1C)CCN(C1CCCOC1)C2)C(=C)C)c1cccc2[n+]1C(C)O/C(=C(/C=N)C(=O)O)N2. The van der Waals surface area contributed by atoms with Gasteiger partial charge in [-0.05, 0) is 73.1 Å². The van der Waals surface area contributed by atoms with Gasteiger partial charge in [0.15, 0.2) is 5.57 Å². The smallest absolute Gasteiger partial charge is 0.345 e. The van der Waals surface area contributed by atoms with E-state index in [2.05, 4.69) is 42.4 Å². The Balaban J connectivity index is 1.42. The van der Waals surface area contributed by atoms with Gasteiger partial charge in [-0.3, -0.25) is 4.90 Å². The van der Waals surface area contributed by atoms with Gasteiger partial charge in [0.1, 0.15) is 18.1 Å². The van der Waals surface area contributed by atoms with Gasteiger partial charge in [0.2, 0.25) is 6.23 Å². The molecule has 2 unspecified atom stereocenters. The highest BCUT2D eigenvalue weighted by atomic mass is 16.5. The van der Waals surface area contributed by atoms with Crippen LogP contribution in [-0.4, -0.2) is 48.0 Å². The van der Waals surface area contributed by atoms with E-state index in [1.807, 2.05) is 36.6 Å². The summed E-state index contributed by atoms with van der Waals surface area (Å²) in [6.07, 6.45) is 5.30. The van der Waals surface area contributed by atoms with Crippen molar-refractivity contribution in [2.75, 3.05) is 25.1 Å². The number of carboxylic acids is 1. The maximum atomic E-state index is 11.6. The molecule has 3 aliphatic heterocycles. The summed E-state index contributed by atoms with van der Waals surface area (Å²) in [4.78, 5) is 14.2. The predicted octanol–water partition coefficient (Wildman–Crippen LogP) is 5.42. The van der Waals surface area contributed by atoms with Crippen molar-refractivity contribution in [3.05, 3.63) is 100 Å². The molecule has 2 aromatic rings. The molecule has 0 amide bonds. The van der Waals surface area contributed by atoms with E-state index in [1.165, 1.54) is 23.1 Å². The summed E-state index contributed by atoms with van der Waals surface area (Å²) in [5.74, 6) is 0.0145. The first-order valence-electron chi connectivity index (χ1n) is 14.8. The molecule has 9 heteroatoms. The van der Waals surface area contributed by atoms with Crippen LogP contribution in [0.5, 0.6) is 0 Å². The van der Waals surface area contributed by atoms with Crippen LogP contribution in [0, 0.1) is 12.3 Å². The van der Waals surface area contributed by atoms with Gasteiger partial charge < -0.3 is 24.7 Å². The lowest BCUT2D eigenvalue weighted by Gasteiger charge is -2.38. The fourth-order valence-corrected chi connectivity index (χ4v) is 6.24. The van der Waals surface area contributed by atoms with Crippen molar-refractivity contribution in [1.29, 1.82) is 5.41 Å². The molecule has 5 rings (SSSR count). The lowest BCUT2D eigenvalue weighted by Crippen LogP contribution is -2.49. The van der Waals surface area contributed by atoms with Crippen LogP contribution in [0.3, 0.4) is 0 Å². The first-order chi connectivity index (χ1) is 20.7. The summed E-state index contributed by atoms with van der Waals surface area (Å²) in [6.45, 7) is 18.3. The number of aliphatic carboxylic acids is 1. The molecular formula is C34H41N4O5+. The van der Waals surface area contributed by atoms with Crippen molar-refractivity contribution in [2.45, 2.75) is 65.5 Å². The zero-order valence-corrected chi connectivity index (χ0v) is 25.2. The molecule has 0 saturated carbocycles. The average molecular weight is 586 g/mol. The molecule has 2 atom stereocenters. The summed E-state index contributed by atoms with van der Waals surface area (Å²) in [7, 11) is 0. The second-order valence-corrected chi connectivity index (χ2v) is 11.3. The number of carbonyl (C=O) groups is 1. The average Bonchev–Trinajstić information content (AvgIpc) is 3.00. The standard InChI is InChI=1S/C34H40N4O5/c1-6-27(30-10-7-11-31-36-33(29(17-35)34(39)40)43-23(5)38(30)31)32(21(2)3)42-19-25-13-12-24-18-37(15-14-28(24)22(25)4)26-9-8-16-41-20-26/h6-7,10-13,17,23,26,35H,1-2,8-9,14-16,18-20H2,3-5H3,(H,39,40)/p+1/b32-27-,33-29-,35-17?. The Morgan fingerprint density at radius 3 is 2.81 bits per heavy atom. The van der Waals surface area contributed by atoms with Crippen molar-refractivity contribution < 1.29 is 28.7 Å². The Hall–Kier alpha value is -4.21. The molecule has 1 aromatic heterocycles. The first kappa shape index (κ1) is 30.3. The predicted molar refractivity (Wildman–Crippen MR) is 165 cm³/mol.